The molecule has 4 rings (SSSR count). The highest BCUT2D eigenvalue weighted by molar-refractivity contribution is 6.29. The molecule has 2 heterocycles. The molecular weight excluding hydrogens is 282 g/mol. The minimum absolute atomic E-state index is 0.472. The largest absolute Gasteiger partial charge is 0.299 e. The van der Waals surface area contributed by atoms with Crippen molar-refractivity contribution in [2.75, 3.05) is 0 Å². The number of benzene rings is 2. The van der Waals surface area contributed by atoms with Crippen molar-refractivity contribution in [1.82, 2.24) is 14.4 Å². The molecule has 0 atom stereocenters. The van der Waals surface area contributed by atoms with Gasteiger partial charge in [-0.1, -0.05) is 54.1 Å². The number of hydrogen-bond acceptors (Lipinski definition) is 2. The molecule has 0 spiro atoms. The maximum Gasteiger partial charge on any atom is 0.145 e. The molecule has 0 radical (unpaired) electrons. The molecule has 4 heteroatoms. The van der Waals surface area contributed by atoms with Crippen molar-refractivity contribution >= 4 is 27.9 Å². The van der Waals surface area contributed by atoms with Gasteiger partial charge >= 0.3 is 0 Å². The molecule has 2 aromatic carbocycles. The highest BCUT2D eigenvalue weighted by atomic mass is 35.5. The van der Waals surface area contributed by atoms with Crippen LogP contribution in [0.15, 0.2) is 61.1 Å². The fourth-order valence-corrected chi connectivity index (χ4v) is 2.73. The van der Waals surface area contributed by atoms with Gasteiger partial charge in [0.05, 0.1) is 17.9 Å². The van der Waals surface area contributed by atoms with Gasteiger partial charge in [-0.05, 0) is 16.3 Å². The Morgan fingerprint density at radius 2 is 1.76 bits per heavy atom. The van der Waals surface area contributed by atoms with E-state index in [0.29, 0.717) is 5.15 Å². The third-order valence-corrected chi connectivity index (χ3v) is 3.83. The van der Waals surface area contributed by atoms with Gasteiger partial charge in [0.2, 0.25) is 0 Å². The van der Waals surface area contributed by atoms with E-state index in [1.165, 1.54) is 16.3 Å². The van der Waals surface area contributed by atoms with Crippen molar-refractivity contribution < 1.29 is 0 Å². The van der Waals surface area contributed by atoms with Crippen LogP contribution in [0.25, 0.3) is 16.3 Å². The summed E-state index contributed by atoms with van der Waals surface area (Å²) >= 11 is 5.97. The topological polar surface area (TPSA) is 30.2 Å². The summed E-state index contributed by atoms with van der Waals surface area (Å²) in [4.78, 5) is 8.55. The monoisotopic (exact) mass is 293 g/mol. The molecule has 3 nitrogen and oxygen atoms in total. The molecule has 102 valence electrons. The smallest absolute Gasteiger partial charge is 0.145 e. The van der Waals surface area contributed by atoms with Crippen LogP contribution in [0.1, 0.15) is 11.4 Å². The number of aromatic nitrogens is 3. The average Bonchev–Trinajstić information content (AvgIpc) is 2.89. The lowest BCUT2D eigenvalue weighted by Crippen LogP contribution is -1.97. The van der Waals surface area contributed by atoms with Crippen LogP contribution in [0.5, 0.6) is 0 Å². The van der Waals surface area contributed by atoms with Crippen LogP contribution in [0.3, 0.4) is 0 Å². The Hall–Kier alpha value is -2.39. The molecule has 2 aromatic heterocycles. The lowest BCUT2D eigenvalue weighted by Gasteiger charge is -2.04. The lowest BCUT2D eigenvalue weighted by atomic mass is 10.1. The van der Waals surface area contributed by atoms with Crippen molar-refractivity contribution in [1.29, 1.82) is 0 Å². The highest BCUT2D eigenvalue weighted by Gasteiger charge is 2.06. The van der Waals surface area contributed by atoms with E-state index in [1.54, 1.807) is 12.4 Å². The fourth-order valence-electron chi connectivity index (χ4n) is 2.59. The molecule has 0 saturated carbocycles. The van der Waals surface area contributed by atoms with Crippen molar-refractivity contribution in [3.63, 3.8) is 0 Å². The van der Waals surface area contributed by atoms with Gasteiger partial charge in [-0.2, -0.15) is 0 Å². The summed E-state index contributed by atoms with van der Waals surface area (Å²) in [5.74, 6) is 0.963. The summed E-state index contributed by atoms with van der Waals surface area (Å²) in [7, 11) is 0. The number of imidazole rings is 1. The molecule has 0 aliphatic carbocycles. The third-order valence-electron chi connectivity index (χ3n) is 3.63. The molecule has 0 bridgehead atoms. The Morgan fingerprint density at radius 3 is 2.67 bits per heavy atom. The number of rotatable bonds is 2. The minimum Gasteiger partial charge on any atom is -0.299 e. The maximum absolute atomic E-state index is 5.97. The predicted molar refractivity (Wildman–Crippen MR) is 84.8 cm³/mol. The van der Waals surface area contributed by atoms with E-state index >= 15 is 0 Å². The van der Waals surface area contributed by atoms with E-state index in [2.05, 4.69) is 52.4 Å². The zero-order chi connectivity index (χ0) is 14.2. The summed E-state index contributed by atoms with van der Waals surface area (Å²) in [6, 6.07) is 14.9. The van der Waals surface area contributed by atoms with Crippen LogP contribution in [-0.4, -0.2) is 14.4 Å². The first-order valence-corrected chi connectivity index (χ1v) is 7.12. The van der Waals surface area contributed by atoms with Crippen molar-refractivity contribution in [2.24, 2.45) is 0 Å². The molecule has 0 amide bonds. The summed E-state index contributed by atoms with van der Waals surface area (Å²) in [6.45, 7) is 0. The predicted octanol–water partition coefficient (Wildman–Crippen LogP) is 4.13. The summed E-state index contributed by atoms with van der Waals surface area (Å²) in [5, 5.41) is 2.97. The van der Waals surface area contributed by atoms with Crippen LogP contribution in [-0.2, 0) is 6.42 Å². The van der Waals surface area contributed by atoms with Gasteiger partial charge in [0, 0.05) is 12.6 Å². The van der Waals surface area contributed by atoms with E-state index in [1.807, 2.05) is 10.6 Å². The van der Waals surface area contributed by atoms with Gasteiger partial charge in [0.15, 0.2) is 0 Å². The van der Waals surface area contributed by atoms with Gasteiger partial charge in [-0.25, -0.2) is 9.97 Å². The van der Waals surface area contributed by atoms with Crippen LogP contribution >= 0.6 is 11.6 Å². The second-order valence-electron chi connectivity index (χ2n) is 5.04. The van der Waals surface area contributed by atoms with Gasteiger partial charge in [-0.3, -0.25) is 4.40 Å². The molecule has 0 aliphatic heterocycles. The number of hydrogen-bond donors (Lipinski definition) is 0. The molecule has 0 fully saturated rings. The third kappa shape index (κ3) is 2.26. The van der Waals surface area contributed by atoms with E-state index < -0.39 is 0 Å². The van der Waals surface area contributed by atoms with Crippen molar-refractivity contribution in [2.45, 2.75) is 6.42 Å². The molecule has 0 aliphatic rings. The van der Waals surface area contributed by atoms with Crippen LogP contribution in [0, 0.1) is 0 Å². The van der Waals surface area contributed by atoms with Crippen LogP contribution in [0.2, 0.25) is 5.15 Å². The zero-order valence-corrected chi connectivity index (χ0v) is 12.0. The first-order chi connectivity index (χ1) is 10.3. The van der Waals surface area contributed by atoms with Gasteiger partial charge in [-0.15, -0.1) is 0 Å². The van der Waals surface area contributed by atoms with Gasteiger partial charge in [0.25, 0.3) is 0 Å². The van der Waals surface area contributed by atoms with E-state index in [0.717, 1.165) is 17.8 Å². The van der Waals surface area contributed by atoms with Crippen molar-refractivity contribution in [3.8, 4) is 0 Å². The van der Waals surface area contributed by atoms with Gasteiger partial charge < -0.3 is 0 Å². The number of fused-ring (bicyclic) bond motifs is 2. The highest BCUT2D eigenvalue weighted by Crippen LogP contribution is 2.19. The Balaban J connectivity index is 1.77. The first kappa shape index (κ1) is 12.4. The fraction of sp³-hybridized carbons (Fsp3) is 0.0588. The number of halogens is 1. The van der Waals surface area contributed by atoms with Gasteiger partial charge in [0.1, 0.15) is 11.0 Å². The van der Waals surface area contributed by atoms with Crippen LogP contribution < -0.4 is 0 Å². The molecule has 0 saturated heterocycles. The van der Waals surface area contributed by atoms with Crippen molar-refractivity contribution in [3.05, 3.63) is 77.6 Å². The normalized spacial score (nSPS) is 11.3. The van der Waals surface area contributed by atoms with E-state index in [-0.39, 0.29) is 0 Å². The molecule has 4 aromatic rings. The lowest BCUT2D eigenvalue weighted by molar-refractivity contribution is 0.955. The molecular formula is C17H12ClN3. The Bertz CT molecular complexity index is 943. The minimum atomic E-state index is 0.472. The molecule has 0 unspecified atom stereocenters. The molecule has 21 heavy (non-hydrogen) atoms. The second kappa shape index (κ2) is 4.86. The van der Waals surface area contributed by atoms with E-state index in [9.17, 15) is 0 Å². The Labute approximate surface area is 126 Å². The second-order valence-corrected chi connectivity index (χ2v) is 5.42. The zero-order valence-electron chi connectivity index (χ0n) is 11.2. The summed E-state index contributed by atoms with van der Waals surface area (Å²) in [5.41, 5.74) is 2.18. The summed E-state index contributed by atoms with van der Waals surface area (Å²) in [6.07, 6.45) is 6.12. The van der Waals surface area contributed by atoms with E-state index in [4.69, 9.17) is 11.6 Å². The Morgan fingerprint density at radius 1 is 0.952 bits per heavy atom. The Kier molecular flexibility index (Phi) is 2.86. The molecule has 0 N–H and O–H groups in total. The standard InChI is InChI=1S/C17H12ClN3/c18-16-11-21-15(9-19-16)10-20-17(21)8-12-5-6-13-3-1-2-4-14(13)7-12/h1-7,9-11H,8H2. The SMILES string of the molecule is Clc1cn2c(Cc3ccc4ccccc4c3)ncc2cn1. The van der Waals surface area contributed by atoms with Crippen LogP contribution in [0.4, 0.5) is 0 Å². The maximum atomic E-state index is 5.97. The quantitative estimate of drug-likeness (QED) is 0.556. The summed E-state index contributed by atoms with van der Waals surface area (Å²) < 4.78 is 1.99. The average molecular weight is 294 g/mol. The number of nitrogens with zero attached hydrogens (tertiary/aromatic N) is 3. The first-order valence-electron chi connectivity index (χ1n) is 6.75.